The number of amides is 1. The van der Waals surface area contributed by atoms with Crippen LogP contribution < -0.4 is 0 Å². The van der Waals surface area contributed by atoms with Crippen LogP contribution in [0.2, 0.25) is 0 Å². The number of rotatable bonds is 3. The Balaban J connectivity index is 1.73. The molecule has 1 fully saturated rings. The molecule has 0 radical (unpaired) electrons. The van der Waals surface area contributed by atoms with Gasteiger partial charge in [-0.15, -0.1) is 0 Å². The van der Waals surface area contributed by atoms with Crippen LogP contribution >= 0.6 is 15.9 Å². The molecule has 2 aromatic rings. The zero-order chi connectivity index (χ0) is 15.7. The van der Waals surface area contributed by atoms with Gasteiger partial charge >= 0.3 is 0 Å². The van der Waals surface area contributed by atoms with Crippen molar-refractivity contribution in [3.8, 4) is 0 Å². The normalized spacial score (nSPS) is 15.3. The molecule has 118 valence electrons. The zero-order valence-corrected chi connectivity index (χ0v) is 14.2. The number of ether oxygens (including phenoxy) is 1. The molecule has 0 bridgehead atoms. The molecule has 8 heteroatoms. The lowest BCUT2D eigenvalue weighted by Crippen LogP contribution is -2.40. The van der Waals surface area contributed by atoms with E-state index in [1.54, 1.807) is 21.8 Å². The average molecular weight is 368 g/mol. The van der Waals surface area contributed by atoms with Gasteiger partial charge in [0.05, 0.1) is 29.1 Å². The second kappa shape index (κ2) is 6.21. The van der Waals surface area contributed by atoms with E-state index in [1.165, 1.54) is 0 Å². The molecule has 1 aliphatic heterocycles. The maximum atomic E-state index is 12.4. The van der Waals surface area contributed by atoms with E-state index in [2.05, 4.69) is 26.1 Å². The summed E-state index contributed by atoms with van der Waals surface area (Å²) < 4.78 is 9.84. The van der Waals surface area contributed by atoms with Gasteiger partial charge in [0.2, 0.25) is 0 Å². The van der Waals surface area contributed by atoms with Crippen LogP contribution in [0.4, 0.5) is 0 Å². The third-order valence-corrected chi connectivity index (χ3v) is 4.88. The summed E-state index contributed by atoms with van der Waals surface area (Å²) in [7, 11) is 0. The first-order chi connectivity index (χ1) is 10.6. The van der Waals surface area contributed by atoms with E-state index >= 15 is 0 Å². The molecule has 2 aromatic heterocycles. The number of carbonyl (C=O) groups excluding carboxylic acids is 1. The van der Waals surface area contributed by atoms with Gasteiger partial charge in [-0.05, 0) is 35.8 Å². The molecule has 3 rings (SSSR count). The van der Waals surface area contributed by atoms with Gasteiger partial charge in [-0.3, -0.25) is 9.48 Å². The largest absolute Gasteiger partial charge is 0.378 e. The first kappa shape index (κ1) is 15.2. The van der Waals surface area contributed by atoms with Gasteiger partial charge in [-0.2, -0.15) is 10.2 Å². The smallest absolute Gasteiger partial charge is 0.274 e. The van der Waals surface area contributed by atoms with Crippen LogP contribution in [0.15, 0.2) is 16.7 Å². The van der Waals surface area contributed by atoms with Gasteiger partial charge in [0.1, 0.15) is 12.4 Å². The van der Waals surface area contributed by atoms with Crippen molar-refractivity contribution >= 4 is 21.8 Å². The van der Waals surface area contributed by atoms with Crippen LogP contribution in [0.25, 0.3) is 0 Å². The van der Waals surface area contributed by atoms with E-state index in [0.717, 1.165) is 15.9 Å². The molecule has 22 heavy (non-hydrogen) atoms. The molecule has 1 saturated heterocycles. The lowest BCUT2D eigenvalue weighted by Gasteiger charge is -2.25. The Morgan fingerprint density at radius 3 is 2.68 bits per heavy atom. The van der Waals surface area contributed by atoms with E-state index in [0.29, 0.717) is 38.7 Å². The number of aromatic nitrogens is 4. The fraction of sp³-hybridized carbons (Fsp3) is 0.500. The number of carbonyl (C=O) groups is 1. The van der Waals surface area contributed by atoms with Crippen molar-refractivity contribution in [2.75, 3.05) is 26.3 Å². The first-order valence-corrected chi connectivity index (χ1v) is 7.95. The van der Waals surface area contributed by atoms with Gasteiger partial charge < -0.3 is 9.64 Å². The average Bonchev–Trinajstić information content (AvgIpc) is 3.09. The summed E-state index contributed by atoms with van der Waals surface area (Å²) >= 11 is 3.51. The highest BCUT2D eigenvalue weighted by molar-refractivity contribution is 9.10. The van der Waals surface area contributed by atoms with E-state index in [1.807, 2.05) is 18.5 Å². The predicted octanol–water partition coefficient (Wildman–Crippen LogP) is 1.44. The summed E-state index contributed by atoms with van der Waals surface area (Å²) in [6.07, 6.45) is 1.80. The van der Waals surface area contributed by atoms with Gasteiger partial charge in [0.25, 0.3) is 5.91 Å². The standard InChI is InChI=1S/C14H18BrN5O2/c1-10-13(15)11(2)20(16-10)9-19-4-3-12(17-19)14(21)18-5-7-22-8-6-18/h3-4H,5-9H2,1-2H3. The fourth-order valence-electron chi connectivity index (χ4n) is 2.43. The summed E-state index contributed by atoms with van der Waals surface area (Å²) in [5.41, 5.74) is 2.44. The van der Waals surface area contributed by atoms with Crippen LogP contribution in [0.5, 0.6) is 0 Å². The van der Waals surface area contributed by atoms with Crippen molar-refractivity contribution in [3.05, 3.63) is 33.8 Å². The van der Waals surface area contributed by atoms with Crippen LogP contribution in [0.1, 0.15) is 21.9 Å². The first-order valence-electron chi connectivity index (χ1n) is 7.16. The number of nitrogens with zero attached hydrogens (tertiary/aromatic N) is 5. The Morgan fingerprint density at radius 1 is 1.32 bits per heavy atom. The zero-order valence-electron chi connectivity index (χ0n) is 12.6. The summed E-state index contributed by atoms with van der Waals surface area (Å²) in [5, 5.41) is 8.82. The minimum absolute atomic E-state index is 0.0448. The second-order valence-electron chi connectivity index (χ2n) is 5.27. The monoisotopic (exact) mass is 367 g/mol. The van der Waals surface area contributed by atoms with Crippen molar-refractivity contribution in [2.45, 2.75) is 20.5 Å². The summed E-state index contributed by atoms with van der Waals surface area (Å²) in [6, 6.07) is 1.75. The number of morpholine rings is 1. The Kier molecular flexibility index (Phi) is 4.30. The van der Waals surface area contributed by atoms with Crippen molar-refractivity contribution < 1.29 is 9.53 Å². The van der Waals surface area contributed by atoms with E-state index < -0.39 is 0 Å². The van der Waals surface area contributed by atoms with E-state index in [4.69, 9.17) is 4.74 Å². The molecule has 0 atom stereocenters. The van der Waals surface area contributed by atoms with Crippen molar-refractivity contribution in [3.63, 3.8) is 0 Å². The molecule has 0 spiro atoms. The highest BCUT2D eigenvalue weighted by Gasteiger charge is 2.20. The molecule has 1 amide bonds. The molecule has 0 saturated carbocycles. The molecule has 1 aliphatic rings. The van der Waals surface area contributed by atoms with Crippen molar-refractivity contribution in [1.29, 1.82) is 0 Å². The Bertz CT molecular complexity index is 687. The summed E-state index contributed by atoms with van der Waals surface area (Å²) in [5.74, 6) is -0.0448. The van der Waals surface area contributed by atoms with Crippen LogP contribution in [0, 0.1) is 13.8 Å². The second-order valence-corrected chi connectivity index (χ2v) is 6.06. The quantitative estimate of drug-likeness (QED) is 0.823. The third-order valence-electron chi connectivity index (χ3n) is 3.73. The van der Waals surface area contributed by atoms with Crippen LogP contribution in [-0.4, -0.2) is 56.7 Å². The topological polar surface area (TPSA) is 65.2 Å². The predicted molar refractivity (Wildman–Crippen MR) is 83.7 cm³/mol. The van der Waals surface area contributed by atoms with Crippen molar-refractivity contribution in [2.24, 2.45) is 0 Å². The maximum absolute atomic E-state index is 12.4. The molecule has 0 aliphatic carbocycles. The molecule has 0 N–H and O–H groups in total. The van der Waals surface area contributed by atoms with E-state index in [9.17, 15) is 4.79 Å². The van der Waals surface area contributed by atoms with Gasteiger partial charge in [-0.25, -0.2) is 4.68 Å². The van der Waals surface area contributed by atoms with Gasteiger partial charge in [0.15, 0.2) is 0 Å². The lowest BCUT2D eigenvalue weighted by molar-refractivity contribution is 0.0298. The maximum Gasteiger partial charge on any atom is 0.274 e. The van der Waals surface area contributed by atoms with Crippen LogP contribution in [-0.2, 0) is 11.4 Å². The lowest BCUT2D eigenvalue weighted by atomic mass is 10.3. The summed E-state index contributed by atoms with van der Waals surface area (Å²) in [4.78, 5) is 14.1. The SMILES string of the molecule is Cc1nn(Cn2ccc(C(=O)N3CCOCC3)n2)c(C)c1Br. The number of hydrogen-bond donors (Lipinski definition) is 0. The van der Waals surface area contributed by atoms with Crippen LogP contribution in [0.3, 0.4) is 0 Å². The Labute approximate surface area is 137 Å². The Morgan fingerprint density at radius 2 is 2.05 bits per heavy atom. The van der Waals surface area contributed by atoms with E-state index in [-0.39, 0.29) is 5.91 Å². The third kappa shape index (κ3) is 2.93. The van der Waals surface area contributed by atoms with Crippen molar-refractivity contribution in [1.82, 2.24) is 24.5 Å². The molecular weight excluding hydrogens is 350 g/mol. The highest BCUT2D eigenvalue weighted by Crippen LogP contribution is 2.19. The minimum Gasteiger partial charge on any atom is -0.378 e. The molecule has 3 heterocycles. The number of hydrogen-bond acceptors (Lipinski definition) is 4. The molecule has 0 aromatic carbocycles. The van der Waals surface area contributed by atoms with Gasteiger partial charge in [0, 0.05) is 19.3 Å². The number of halogens is 1. The highest BCUT2D eigenvalue weighted by atomic mass is 79.9. The molecular formula is C14H18BrN5O2. The molecule has 7 nitrogen and oxygen atoms in total. The fourth-order valence-corrected chi connectivity index (χ4v) is 2.72. The van der Waals surface area contributed by atoms with Gasteiger partial charge in [-0.1, -0.05) is 0 Å². The summed E-state index contributed by atoms with van der Waals surface area (Å²) in [6.45, 7) is 6.84. The molecule has 0 unspecified atom stereocenters. The number of aryl methyl sites for hydroxylation is 1. The Hall–Kier alpha value is -1.67. The minimum atomic E-state index is -0.0448.